The van der Waals surface area contributed by atoms with Crippen molar-refractivity contribution in [2.24, 2.45) is 0 Å². The van der Waals surface area contributed by atoms with E-state index in [0.29, 0.717) is 17.9 Å². The van der Waals surface area contributed by atoms with Gasteiger partial charge in [0.05, 0.1) is 12.2 Å². The number of carboxylic acid groups (broad SMARTS) is 1. The third-order valence-electron chi connectivity index (χ3n) is 7.58. The van der Waals surface area contributed by atoms with Crippen LogP contribution >= 0.6 is 0 Å². The monoisotopic (exact) mass is 462 g/mol. The summed E-state index contributed by atoms with van der Waals surface area (Å²) in [6.07, 6.45) is 8.08. The van der Waals surface area contributed by atoms with E-state index in [1.807, 2.05) is 12.1 Å². The first-order valence-electron chi connectivity index (χ1n) is 12.8. The van der Waals surface area contributed by atoms with Gasteiger partial charge in [-0.3, -0.25) is 0 Å². The number of unbranched alkanes of at least 4 members (excludes halogenated alkanes) is 4. The van der Waals surface area contributed by atoms with Crippen LogP contribution in [0.1, 0.15) is 102 Å². The van der Waals surface area contributed by atoms with E-state index < -0.39 is 5.97 Å². The molecule has 1 aliphatic carbocycles. The number of aryl methyl sites for hydroxylation is 1. The zero-order valence-electron chi connectivity index (χ0n) is 22.0. The van der Waals surface area contributed by atoms with Crippen LogP contribution in [0.4, 0.5) is 0 Å². The summed E-state index contributed by atoms with van der Waals surface area (Å²) in [5.74, 6) is -0.418. The van der Waals surface area contributed by atoms with Gasteiger partial charge < -0.3 is 9.84 Å². The van der Waals surface area contributed by atoms with Gasteiger partial charge in [-0.1, -0.05) is 85.1 Å². The van der Waals surface area contributed by atoms with Crippen LogP contribution in [0.2, 0.25) is 0 Å². The first-order chi connectivity index (χ1) is 16.0. The molecule has 3 heteroatoms. The van der Waals surface area contributed by atoms with Crippen molar-refractivity contribution in [2.75, 3.05) is 6.61 Å². The lowest BCUT2D eigenvalue weighted by atomic mass is 9.62. The predicted molar refractivity (Wildman–Crippen MR) is 143 cm³/mol. The summed E-state index contributed by atoms with van der Waals surface area (Å²) in [6, 6.07) is 10.6. The minimum Gasteiger partial charge on any atom is -0.493 e. The lowest BCUT2D eigenvalue weighted by Gasteiger charge is -2.42. The summed E-state index contributed by atoms with van der Waals surface area (Å²) in [6.45, 7) is 18.1. The van der Waals surface area contributed by atoms with Crippen LogP contribution in [-0.2, 0) is 15.6 Å². The van der Waals surface area contributed by atoms with E-state index in [1.54, 1.807) is 0 Å². The number of rotatable bonds is 10. The Hall–Kier alpha value is -2.55. The Morgan fingerprint density at radius 1 is 0.971 bits per heavy atom. The number of hydrogen-bond donors (Lipinski definition) is 1. The summed E-state index contributed by atoms with van der Waals surface area (Å²) in [5.41, 5.74) is 7.10. The highest BCUT2D eigenvalue weighted by Crippen LogP contribution is 2.48. The van der Waals surface area contributed by atoms with E-state index in [-0.39, 0.29) is 16.4 Å². The molecule has 0 spiro atoms. The van der Waals surface area contributed by atoms with Gasteiger partial charge in [-0.15, -0.1) is 0 Å². The average molecular weight is 463 g/mol. The fraction of sp³-hybridized carbons (Fsp3) is 0.516. The summed E-state index contributed by atoms with van der Waals surface area (Å²) in [5, 5.41) is 9.67. The first-order valence-corrected chi connectivity index (χ1v) is 12.8. The molecule has 0 saturated heterocycles. The summed E-state index contributed by atoms with van der Waals surface area (Å²) in [4.78, 5) is 11.8. The van der Waals surface area contributed by atoms with Crippen LogP contribution in [0.3, 0.4) is 0 Å². The highest BCUT2D eigenvalue weighted by Gasteiger charge is 2.37. The summed E-state index contributed by atoms with van der Waals surface area (Å²) >= 11 is 0. The number of ether oxygens (including phenoxy) is 1. The van der Waals surface area contributed by atoms with Crippen LogP contribution in [-0.4, -0.2) is 17.7 Å². The Labute approximate surface area is 206 Å². The molecule has 0 aliphatic heterocycles. The third-order valence-corrected chi connectivity index (χ3v) is 7.58. The zero-order chi connectivity index (χ0) is 25.1. The van der Waals surface area contributed by atoms with Gasteiger partial charge in [0.15, 0.2) is 0 Å². The highest BCUT2D eigenvalue weighted by molar-refractivity contribution is 6.15. The predicted octanol–water partition coefficient (Wildman–Crippen LogP) is 8.46. The molecule has 2 aromatic rings. The highest BCUT2D eigenvalue weighted by atomic mass is 16.5. The molecule has 0 atom stereocenters. The number of hydrogen-bond acceptors (Lipinski definition) is 2. The molecule has 3 rings (SSSR count). The van der Waals surface area contributed by atoms with Crippen molar-refractivity contribution in [3.8, 4) is 16.9 Å². The Balaban J connectivity index is 1.98. The van der Waals surface area contributed by atoms with Gasteiger partial charge >= 0.3 is 5.97 Å². The quantitative estimate of drug-likeness (QED) is 0.284. The molecule has 0 unspecified atom stereocenters. The summed E-state index contributed by atoms with van der Waals surface area (Å²) in [7, 11) is 0. The molecular formula is C31H42O3. The third kappa shape index (κ3) is 5.56. The van der Waals surface area contributed by atoms with Crippen molar-refractivity contribution in [3.63, 3.8) is 0 Å². The normalized spacial score (nSPS) is 16.1. The Bertz CT molecular complexity index is 1060. The van der Waals surface area contributed by atoms with Crippen molar-refractivity contribution >= 4 is 11.5 Å². The van der Waals surface area contributed by atoms with Crippen molar-refractivity contribution < 1.29 is 14.6 Å². The number of carbonyl (C=O) groups is 1. The Morgan fingerprint density at radius 2 is 1.59 bits per heavy atom. The molecule has 0 amide bonds. The van der Waals surface area contributed by atoms with Crippen LogP contribution < -0.4 is 4.74 Å². The van der Waals surface area contributed by atoms with Gasteiger partial charge in [0.25, 0.3) is 0 Å². The standard InChI is InChI=1S/C31H42O3/c1-8-9-10-11-12-17-34-28-14-13-23(19-25(28)22(3)29(32)33)24-20-27-26(18-21(24)2)30(4,5)15-16-31(27,6)7/h13-14,18-20H,3,8-12,15-17H2,1-2,4-7H3,(H,32,33). The molecule has 0 aromatic heterocycles. The Morgan fingerprint density at radius 3 is 2.21 bits per heavy atom. The average Bonchev–Trinajstić information content (AvgIpc) is 2.78. The molecule has 0 radical (unpaired) electrons. The largest absolute Gasteiger partial charge is 0.493 e. The second-order valence-corrected chi connectivity index (χ2v) is 11.2. The number of benzene rings is 2. The van der Waals surface area contributed by atoms with Crippen molar-refractivity contribution in [2.45, 2.75) is 97.3 Å². The molecule has 2 aromatic carbocycles. The van der Waals surface area contributed by atoms with Gasteiger partial charge in [0.1, 0.15) is 5.75 Å². The number of carboxylic acids is 1. The lowest BCUT2D eigenvalue weighted by molar-refractivity contribution is -0.130. The van der Waals surface area contributed by atoms with Gasteiger partial charge in [-0.25, -0.2) is 4.79 Å². The molecule has 0 heterocycles. The maximum absolute atomic E-state index is 11.8. The summed E-state index contributed by atoms with van der Waals surface area (Å²) < 4.78 is 6.04. The second kappa shape index (κ2) is 10.4. The molecule has 0 saturated carbocycles. The molecule has 184 valence electrons. The van der Waals surface area contributed by atoms with E-state index in [0.717, 1.165) is 30.4 Å². The smallest absolute Gasteiger partial charge is 0.335 e. The number of fused-ring (bicyclic) bond motifs is 1. The van der Waals surface area contributed by atoms with Gasteiger partial charge in [0, 0.05) is 5.56 Å². The number of aliphatic carboxylic acids is 1. The van der Waals surface area contributed by atoms with Crippen molar-refractivity contribution in [1.29, 1.82) is 0 Å². The molecule has 34 heavy (non-hydrogen) atoms. The van der Waals surface area contributed by atoms with Crippen molar-refractivity contribution in [1.82, 2.24) is 0 Å². The van der Waals surface area contributed by atoms with E-state index in [2.05, 4.69) is 66.3 Å². The molecule has 1 aliphatic rings. The minimum atomic E-state index is -1.02. The maximum atomic E-state index is 11.8. The fourth-order valence-electron chi connectivity index (χ4n) is 5.10. The molecule has 0 bridgehead atoms. The maximum Gasteiger partial charge on any atom is 0.335 e. The van der Waals surface area contributed by atoms with E-state index >= 15 is 0 Å². The Kier molecular flexibility index (Phi) is 7.95. The van der Waals surface area contributed by atoms with E-state index in [4.69, 9.17) is 4.74 Å². The lowest BCUT2D eigenvalue weighted by Crippen LogP contribution is -2.34. The van der Waals surface area contributed by atoms with Gasteiger partial charge in [-0.2, -0.15) is 0 Å². The topological polar surface area (TPSA) is 46.5 Å². The molecule has 1 N–H and O–H groups in total. The van der Waals surface area contributed by atoms with Crippen LogP contribution in [0.25, 0.3) is 16.7 Å². The van der Waals surface area contributed by atoms with E-state index in [1.165, 1.54) is 42.4 Å². The SMILES string of the molecule is C=C(C(=O)O)c1cc(-c2cc3c(cc2C)C(C)(C)CCC3(C)C)ccc1OCCCCCCC. The first kappa shape index (κ1) is 26.1. The van der Waals surface area contributed by atoms with E-state index in [9.17, 15) is 9.90 Å². The van der Waals surface area contributed by atoms with Crippen LogP contribution in [0.15, 0.2) is 36.9 Å². The molecular weight excluding hydrogens is 420 g/mol. The second-order valence-electron chi connectivity index (χ2n) is 11.2. The fourth-order valence-corrected chi connectivity index (χ4v) is 5.10. The van der Waals surface area contributed by atoms with Gasteiger partial charge in [0.2, 0.25) is 0 Å². The molecule has 0 fully saturated rings. The molecule has 3 nitrogen and oxygen atoms in total. The van der Waals surface area contributed by atoms with Gasteiger partial charge in [-0.05, 0) is 77.0 Å². The van der Waals surface area contributed by atoms with Crippen LogP contribution in [0.5, 0.6) is 5.75 Å². The van der Waals surface area contributed by atoms with Crippen molar-refractivity contribution in [3.05, 3.63) is 59.2 Å². The minimum absolute atomic E-state index is 0.0694. The zero-order valence-corrected chi connectivity index (χ0v) is 22.0. The van der Waals surface area contributed by atoms with Crippen LogP contribution in [0, 0.1) is 6.92 Å².